The molecule has 5 heteroatoms. The van der Waals surface area contributed by atoms with Gasteiger partial charge >= 0.3 is 5.97 Å². The summed E-state index contributed by atoms with van der Waals surface area (Å²) in [4.78, 5) is 14.6. The zero-order valence-electron chi connectivity index (χ0n) is 14.3. The summed E-state index contributed by atoms with van der Waals surface area (Å²) in [7, 11) is 2.11. The van der Waals surface area contributed by atoms with E-state index in [4.69, 9.17) is 9.47 Å². The average molecular weight is 300 g/mol. The van der Waals surface area contributed by atoms with Gasteiger partial charge in [-0.15, -0.1) is 0 Å². The van der Waals surface area contributed by atoms with Crippen molar-refractivity contribution in [1.82, 2.24) is 10.2 Å². The van der Waals surface area contributed by atoms with Gasteiger partial charge in [-0.25, -0.2) is 0 Å². The molecule has 1 aliphatic rings. The highest BCUT2D eigenvalue weighted by Crippen LogP contribution is 2.33. The van der Waals surface area contributed by atoms with Gasteiger partial charge in [-0.3, -0.25) is 4.79 Å². The van der Waals surface area contributed by atoms with Crippen LogP contribution in [0.2, 0.25) is 0 Å². The highest BCUT2D eigenvalue weighted by molar-refractivity contribution is 5.81. The van der Waals surface area contributed by atoms with Crippen molar-refractivity contribution in [2.45, 2.75) is 64.6 Å². The fourth-order valence-electron chi connectivity index (χ4n) is 3.04. The van der Waals surface area contributed by atoms with Crippen LogP contribution in [-0.4, -0.2) is 61.9 Å². The molecule has 1 fully saturated rings. The third-order valence-corrected chi connectivity index (χ3v) is 4.19. The van der Waals surface area contributed by atoms with Crippen LogP contribution in [0.15, 0.2) is 0 Å². The summed E-state index contributed by atoms with van der Waals surface area (Å²) in [6.07, 6.45) is 2.95. The molecule has 2 unspecified atom stereocenters. The Balaban J connectivity index is 2.55. The predicted molar refractivity (Wildman–Crippen MR) is 84.4 cm³/mol. The number of carbonyl (C=O) groups is 1. The van der Waals surface area contributed by atoms with Gasteiger partial charge in [0, 0.05) is 12.6 Å². The van der Waals surface area contributed by atoms with Crippen molar-refractivity contribution in [1.29, 1.82) is 0 Å². The molecule has 2 atom stereocenters. The summed E-state index contributed by atoms with van der Waals surface area (Å²) in [5.41, 5.74) is -0.497. The molecule has 0 saturated heterocycles. The van der Waals surface area contributed by atoms with Gasteiger partial charge < -0.3 is 19.7 Å². The molecule has 0 aromatic rings. The zero-order valence-corrected chi connectivity index (χ0v) is 14.3. The molecular weight excluding hydrogens is 268 g/mol. The smallest absolute Gasteiger partial charge is 0.326 e. The Morgan fingerprint density at radius 3 is 2.71 bits per heavy atom. The molecule has 1 saturated carbocycles. The van der Waals surface area contributed by atoms with E-state index in [9.17, 15) is 4.79 Å². The predicted octanol–water partition coefficient (Wildman–Crippen LogP) is 1.81. The molecule has 0 aromatic carbocycles. The van der Waals surface area contributed by atoms with Crippen LogP contribution in [0, 0.1) is 0 Å². The number of carbonyl (C=O) groups excluding carboxylic acids is 1. The highest BCUT2D eigenvalue weighted by atomic mass is 16.5. The number of esters is 1. The number of rotatable bonds is 9. The van der Waals surface area contributed by atoms with Crippen molar-refractivity contribution < 1.29 is 14.3 Å². The molecule has 0 aliphatic heterocycles. The first-order chi connectivity index (χ1) is 9.95. The van der Waals surface area contributed by atoms with Crippen molar-refractivity contribution in [2.24, 2.45) is 0 Å². The molecule has 0 radical (unpaired) electrons. The summed E-state index contributed by atoms with van der Waals surface area (Å²) in [5.74, 6) is -0.0961. The lowest BCUT2D eigenvalue weighted by atomic mass is 9.97. The van der Waals surface area contributed by atoms with Gasteiger partial charge in [0.05, 0.1) is 19.3 Å². The van der Waals surface area contributed by atoms with Crippen LogP contribution in [0.1, 0.15) is 47.0 Å². The first-order valence-electron chi connectivity index (χ1n) is 8.19. The van der Waals surface area contributed by atoms with Gasteiger partial charge in [-0.2, -0.15) is 0 Å². The van der Waals surface area contributed by atoms with E-state index in [1.807, 2.05) is 27.7 Å². The van der Waals surface area contributed by atoms with Gasteiger partial charge in [-0.1, -0.05) is 6.92 Å². The van der Waals surface area contributed by atoms with E-state index in [-0.39, 0.29) is 12.1 Å². The number of nitrogens with zero attached hydrogens (tertiary/aromatic N) is 1. The van der Waals surface area contributed by atoms with E-state index in [0.717, 1.165) is 39.0 Å². The summed E-state index contributed by atoms with van der Waals surface area (Å²) >= 11 is 0. The maximum absolute atomic E-state index is 12.3. The normalized spacial score (nSPS) is 25.8. The van der Waals surface area contributed by atoms with E-state index in [2.05, 4.69) is 17.3 Å². The standard InChI is InChI=1S/C16H32N2O3/c1-6-17-16(15(19)20-7-2)9-8-14(12-16)18(5)10-11-21-13(3)4/h13-14,17H,6-12H2,1-5H3. The number of nitrogens with one attached hydrogen (secondary N) is 1. The lowest BCUT2D eigenvalue weighted by Crippen LogP contribution is -2.52. The number of likely N-dealkylation sites (N-methyl/N-ethyl adjacent to an activating group) is 2. The molecule has 1 aliphatic carbocycles. The SMILES string of the molecule is CCNC1(C(=O)OCC)CCC(N(C)CCOC(C)C)C1. The van der Waals surface area contributed by atoms with Gasteiger partial charge in [0.1, 0.15) is 5.54 Å². The first-order valence-corrected chi connectivity index (χ1v) is 8.19. The van der Waals surface area contributed by atoms with Crippen molar-refractivity contribution >= 4 is 5.97 Å². The van der Waals surface area contributed by atoms with E-state index in [0.29, 0.717) is 12.6 Å². The first kappa shape index (κ1) is 18.4. The minimum absolute atomic E-state index is 0.0961. The Bertz CT molecular complexity index is 323. The molecule has 0 aromatic heterocycles. The lowest BCUT2D eigenvalue weighted by molar-refractivity contribution is -0.151. The van der Waals surface area contributed by atoms with Crippen LogP contribution >= 0.6 is 0 Å². The van der Waals surface area contributed by atoms with Crippen molar-refractivity contribution in [3.8, 4) is 0 Å². The van der Waals surface area contributed by atoms with Crippen molar-refractivity contribution in [3.05, 3.63) is 0 Å². The molecule has 0 bridgehead atoms. The number of hydrogen-bond acceptors (Lipinski definition) is 5. The summed E-state index contributed by atoms with van der Waals surface area (Å²) in [6, 6.07) is 0.407. The molecule has 1 rings (SSSR count). The molecule has 1 N–H and O–H groups in total. The van der Waals surface area contributed by atoms with Crippen LogP contribution in [0.4, 0.5) is 0 Å². The van der Waals surface area contributed by atoms with Gasteiger partial charge in [-0.05, 0) is 53.6 Å². The van der Waals surface area contributed by atoms with E-state index >= 15 is 0 Å². The Hall–Kier alpha value is -0.650. The Morgan fingerprint density at radius 1 is 1.43 bits per heavy atom. The second-order valence-corrected chi connectivity index (χ2v) is 6.13. The molecule has 0 spiro atoms. The quantitative estimate of drug-likeness (QED) is 0.658. The van der Waals surface area contributed by atoms with Gasteiger partial charge in [0.15, 0.2) is 0 Å². The van der Waals surface area contributed by atoms with Crippen molar-refractivity contribution in [2.75, 3.05) is 33.4 Å². The Labute approximate surface area is 129 Å². The lowest BCUT2D eigenvalue weighted by Gasteiger charge is -2.30. The van der Waals surface area contributed by atoms with Crippen LogP contribution in [-0.2, 0) is 14.3 Å². The molecule has 5 nitrogen and oxygen atoms in total. The molecule has 0 heterocycles. The number of ether oxygens (including phenoxy) is 2. The minimum Gasteiger partial charge on any atom is -0.465 e. The van der Waals surface area contributed by atoms with Crippen LogP contribution in [0.5, 0.6) is 0 Å². The molecule has 21 heavy (non-hydrogen) atoms. The van der Waals surface area contributed by atoms with Gasteiger partial charge in [0.2, 0.25) is 0 Å². The maximum atomic E-state index is 12.3. The fraction of sp³-hybridized carbons (Fsp3) is 0.938. The van der Waals surface area contributed by atoms with E-state index in [1.54, 1.807) is 0 Å². The van der Waals surface area contributed by atoms with E-state index in [1.165, 1.54) is 0 Å². The second-order valence-electron chi connectivity index (χ2n) is 6.13. The molecule has 124 valence electrons. The summed E-state index contributed by atoms with van der Waals surface area (Å²) < 4.78 is 10.9. The fourth-order valence-corrected chi connectivity index (χ4v) is 3.04. The summed E-state index contributed by atoms with van der Waals surface area (Å²) in [6.45, 7) is 10.8. The number of hydrogen-bond donors (Lipinski definition) is 1. The van der Waals surface area contributed by atoms with Crippen LogP contribution in [0.25, 0.3) is 0 Å². The zero-order chi connectivity index (χ0) is 15.9. The van der Waals surface area contributed by atoms with Crippen LogP contribution in [0.3, 0.4) is 0 Å². The largest absolute Gasteiger partial charge is 0.465 e. The third-order valence-electron chi connectivity index (χ3n) is 4.19. The maximum Gasteiger partial charge on any atom is 0.326 e. The average Bonchev–Trinajstić information content (AvgIpc) is 2.84. The highest BCUT2D eigenvalue weighted by Gasteiger charge is 2.46. The Morgan fingerprint density at radius 2 is 2.14 bits per heavy atom. The molecular formula is C16H32N2O3. The van der Waals surface area contributed by atoms with E-state index < -0.39 is 5.54 Å². The second kappa shape index (κ2) is 8.71. The monoisotopic (exact) mass is 300 g/mol. The van der Waals surface area contributed by atoms with Crippen molar-refractivity contribution in [3.63, 3.8) is 0 Å². The molecule has 0 amide bonds. The Kier molecular flexibility index (Phi) is 7.63. The van der Waals surface area contributed by atoms with Crippen LogP contribution < -0.4 is 5.32 Å². The minimum atomic E-state index is -0.497. The summed E-state index contributed by atoms with van der Waals surface area (Å²) in [5, 5.41) is 3.37. The topological polar surface area (TPSA) is 50.8 Å². The third kappa shape index (κ3) is 5.24. The van der Waals surface area contributed by atoms with Gasteiger partial charge in [0.25, 0.3) is 0 Å².